The van der Waals surface area contributed by atoms with Crippen LogP contribution < -0.4 is 5.32 Å². The summed E-state index contributed by atoms with van der Waals surface area (Å²) in [5.74, 6) is 0.753. The Balaban J connectivity index is 2.14. The molecule has 18 heavy (non-hydrogen) atoms. The average molecular weight is 270 g/mol. The van der Waals surface area contributed by atoms with Crippen molar-refractivity contribution in [1.82, 2.24) is 15.1 Å². The van der Waals surface area contributed by atoms with Gasteiger partial charge in [0.05, 0.1) is 16.4 Å². The van der Waals surface area contributed by atoms with Gasteiger partial charge in [0.15, 0.2) is 0 Å². The summed E-state index contributed by atoms with van der Waals surface area (Å²) in [6, 6.07) is 0.511. The van der Waals surface area contributed by atoms with Gasteiger partial charge in [0, 0.05) is 19.5 Å². The molecule has 2 atom stereocenters. The van der Waals surface area contributed by atoms with Crippen LogP contribution in [0.4, 0.5) is 0 Å². The largest absolute Gasteiger partial charge is 0.314 e. The summed E-state index contributed by atoms with van der Waals surface area (Å²) in [6.45, 7) is 9.83. The van der Waals surface area contributed by atoms with E-state index in [2.05, 4.69) is 31.2 Å². The molecule has 4 heteroatoms. The van der Waals surface area contributed by atoms with Crippen LogP contribution in [0.5, 0.6) is 0 Å². The van der Waals surface area contributed by atoms with Crippen LogP contribution in [-0.2, 0) is 13.5 Å². The van der Waals surface area contributed by atoms with Crippen molar-refractivity contribution in [1.29, 1.82) is 0 Å². The van der Waals surface area contributed by atoms with Crippen LogP contribution in [0.2, 0.25) is 5.02 Å². The van der Waals surface area contributed by atoms with E-state index in [1.165, 1.54) is 6.42 Å². The normalized spacial score (nSPS) is 23.1. The molecule has 0 bridgehead atoms. The van der Waals surface area contributed by atoms with E-state index in [-0.39, 0.29) is 0 Å². The standard InChI is InChI=1S/C14H24ClN3/c1-6-16-11(10-8-14(10,3)4)7-12-13(15)9(2)17-18(12)5/h10-11,16H,6-8H2,1-5H3. The van der Waals surface area contributed by atoms with E-state index in [0.29, 0.717) is 11.5 Å². The molecule has 2 rings (SSSR count). The number of halogens is 1. The molecule has 0 aromatic carbocycles. The van der Waals surface area contributed by atoms with Crippen LogP contribution in [-0.4, -0.2) is 22.4 Å². The van der Waals surface area contributed by atoms with Gasteiger partial charge in [0.2, 0.25) is 0 Å². The molecule has 1 fully saturated rings. The molecule has 1 aliphatic carbocycles. The van der Waals surface area contributed by atoms with E-state index in [1.807, 2.05) is 18.7 Å². The maximum atomic E-state index is 6.34. The zero-order valence-electron chi connectivity index (χ0n) is 12.0. The lowest BCUT2D eigenvalue weighted by Gasteiger charge is -2.20. The van der Waals surface area contributed by atoms with Crippen LogP contribution in [0.1, 0.15) is 38.6 Å². The third kappa shape index (κ3) is 2.57. The molecule has 102 valence electrons. The molecule has 1 aromatic rings. The molecule has 3 nitrogen and oxygen atoms in total. The Hall–Kier alpha value is -0.540. The monoisotopic (exact) mass is 269 g/mol. The summed E-state index contributed by atoms with van der Waals surface area (Å²) in [4.78, 5) is 0. The molecule has 0 radical (unpaired) electrons. The van der Waals surface area contributed by atoms with Gasteiger partial charge in [-0.15, -0.1) is 0 Å². The minimum absolute atomic E-state index is 0.479. The van der Waals surface area contributed by atoms with E-state index in [1.54, 1.807) is 0 Å². The van der Waals surface area contributed by atoms with Gasteiger partial charge in [0.25, 0.3) is 0 Å². The Bertz CT molecular complexity index is 436. The number of aryl methyl sites for hydroxylation is 2. The van der Waals surface area contributed by atoms with Crippen molar-refractivity contribution in [2.24, 2.45) is 18.4 Å². The summed E-state index contributed by atoms with van der Waals surface area (Å²) in [5.41, 5.74) is 2.56. The maximum Gasteiger partial charge on any atom is 0.0847 e. The van der Waals surface area contributed by atoms with E-state index >= 15 is 0 Å². The number of rotatable bonds is 5. The van der Waals surface area contributed by atoms with Crippen molar-refractivity contribution in [2.75, 3.05) is 6.54 Å². The summed E-state index contributed by atoms with van der Waals surface area (Å²) in [6.07, 6.45) is 2.28. The Labute approximate surface area is 115 Å². The fraction of sp³-hybridized carbons (Fsp3) is 0.786. The van der Waals surface area contributed by atoms with Crippen LogP contribution in [0, 0.1) is 18.3 Å². The highest BCUT2D eigenvalue weighted by atomic mass is 35.5. The summed E-state index contributed by atoms with van der Waals surface area (Å²) in [5, 5.41) is 8.84. The fourth-order valence-corrected chi connectivity index (χ4v) is 3.16. The first-order valence-electron chi connectivity index (χ1n) is 6.78. The zero-order valence-corrected chi connectivity index (χ0v) is 12.8. The number of nitrogens with zero attached hydrogens (tertiary/aromatic N) is 2. The van der Waals surface area contributed by atoms with Crippen LogP contribution in [0.15, 0.2) is 0 Å². The topological polar surface area (TPSA) is 29.9 Å². The first-order chi connectivity index (χ1) is 8.36. The van der Waals surface area contributed by atoms with Gasteiger partial charge in [0.1, 0.15) is 0 Å². The van der Waals surface area contributed by atoms with E-state index in [4.69, 9.17) is 11.6 Å². The molecular weight excluding hydrogens is 246 g/mol. The molecule has 1 heterocycles. The van der Waals surface area contributed by atoms with Gasteiger partial charge >= 0.3 is 0 Å². The van der Waals surface area contributed by atoms with Gasteiger partial charge in [-0.3, -0.25) is 4.68 Å². The van der Waals surface area contributed by atoms with Gasteiger partial charge < -0.3 is 5.32 Å². The molecule has 0 amide bonds. The second-order valence-corrected chi connectivity index (χ2v) is 6.52. The van der Waals surface area contributed by atoms with Gasteiger partial charge in [-0.25, -0.2) is 0 Å². The minimum Gasteiger partial charge on any atom is -0.314 e. The van der Waals surface area contributed by atoms with Crippen molar-refractivity contribution in [3.63, 3.8) is 0 Å². The Kier molecular flexibility index (Phi) is 3.75. The third-order valence-electron chi connectivity index (χ3n) is 4.22. The van der Waals surface area contributed by atoms with Crippen LogP contribution in [0.3, 0.4) is 0 Å². The smallest absolute Gasteiger partial charge is 0.0847 e. The number of hydrogen-bond donors (Lipinski definition) is 1. The molecule has 1 aliphatic rings. The van der Waals surface area contributed by atoms with E-state index in [9.17, 15) is 0 Å². The predicted octanol–water partition coefficient (Wildman–Crippen LogP) is 2.95. The van der Waals surface area contributed by atoms with Crippen molar-refractivity contribution in [3.05, 3.63) is 16.4 Å². The minimum atomic E-state index is 0.479. The SMILES string of the molecule is CCNC(Cc1c(Cl)c(C)nn1C)C1CC1(C)C. The lowest BCUT2D eigenvalue weighted by Crippen LogP contribution is -2.35. The van der Waals surface area contributed by atoms with Crippen LogP contribution in [0.25, 0.3) is 0 Å². The quantitative estimate of drug-likeness (QED) is 0.891. The van der Waals surface area contributed by atoms with Crippen molar-refractivity contribution in [2.45, 2.75) is 46.6 Å². The number of aromatic nitrogens is 2. The number of nitrogens with one attached hydrogen (secondary N) is 1. The van der Waals surface area contributed by atoms with E-state index in [0.717, 1.165) is 35.3 Å². The number of likely N-dealkylation sites (N-methyl/N-ethyl adjacent to an activating group) is 1. The Morgan fingerprint density at radius 3 is 2.56 bits per heavy atom. The first kappa shape index (κ1) is 13.9. The van der Waals surface area contributed by atoms with Crippen molar-refractivity contribution in [3.8, 4) is 0 Å². The highest BCUT2D eigenvalue weighted by Gasteiger charge is 2.49. The van der Waals surface area contributed by atoms with Gasteiger partial charge in [-0.1, -0.05) is 32.4 Å². The summed E-state index contributed by atoms with van der Waals surface area (Å²) in [7, 11) is 1.98. The summed E-state index contributed by atoms with van der Waals surface area (Å²) >= 11 is 6.34. The Morgan fingerprint density at radius 2 is 2.17 bits per heavy atom. The Morgan fingerprint density at radius 1 is 1.56 bits per heavy atom. The average Bonchev–Trinajstić information content (AvgIpc) is 2.84. The molecule has 0 aliphatic heterocycles. The second-order valence-electron chi connectivity index (χ2n) is 6.14. The molecule has 1 N–H and O–H groups in total. The summed E-state index contributed by atoms with van der Waals surface area (Å²) < 4.78 is 1.93. The van der Waals surface area contributed by atoms with Gasteiger partial charge in [-0.2, -0.15) is 5.10 Å². The fourth-order valence-electron chi connectivity index (χ4n) is 2.92. The van der Waals surface area contributed by atoms with E-state index < -0.39 is 0 Å². The van der Waals surface area contributed by atoms with Crippen molar-refractivity contribution < 1.29 is 0 Å². The number of hydrogen-bond acceptors (Lipinski definition) is 2. The van der Waals surface area contributed by atoms with Crippen molar-refractivity contribution >= 4 is 11.6 Å². The maximum absolute atomic E-state index is 6.34. The molecule has 1 saturated carbocycles. The molecule has 2 unspecified atom stereocenters. The van der Waals surface area contributed by atoms with Gasteiger partial charge in [-0.05, 0) is 31.2 Å². The first-order valence-corrected chi connectivity index (χ1v) is 7.16. The molecule has 0 spiro atoms. The molecule has 1 aromatic heterocycles. The lowest BCUT2D eigenvalue weighted by molar-refractivity contribution is 0.402. The molecular formula is C14H24ClN3. The highest BCUT2D eigenvalue weighted by molar-refractivity contribution is 6.31. The van der Waals surface area contributed by atoms with Crippen LogP contribution >= 0.6 is 11.6 Å². The zero-order chi connectivity index (χ0) is 13.5. The lowest BCUT2D eigenvalue weighted by atomic mass is 9.99. The predicted molar refractivity (Wildman–Crippen MR) is 76.0 cm³/mol. The molecule has 0 saturated heterocycles. The highest BCUT2D eigenvalue weighted by Crippen LogP contribution is 2.54. The third-order valence-corrected chi connectivity index (χ3v) is 4.71. The second kappa shape index (κ2) is 4.86.